The third-order valence-electron chi connectivity index (χ3n) is 2.64. The van der Waals surface area contributed by atoms with Gasteiger partial charge in [0.25, 0.3) is 0 Å². The van der Waals surface area contributed by atoms with Crippen molar-refractivity contribution in [3.63, 3.8) is 0 Å². The van der Waals surface area contributed by atoms with Crippen LogP contribution in [0.15, 0.2) is 18.2 Å². The average molecular weight is 301 g/mol. The molecule has 8 nitrogen and oxygen atoms in total. The van der Waals surface area contributed by atoms with Crippen molar-refractivity contribution < 1.29 is 34.6 Å². The third kappa shape index (κ3) is 6.41. The van der Waals surface area contributed by atoms with Crippen molar-refractivity contribution in [2.24, 2.45) is 0 Å². The Bertz CT molecular complexity index is 450. The highest BCUT2D eigenvalue weighted by molar-refractivity contribution is 5.90. The lowest BCUT2D eigenvalue weighted by atomic mass is 10.2. The van der Waals surface area contributed by atoms with Crippen LogP contribution in [0.1, 0.15) is 29.6 Å². The Balaban J connectivity index is 2.25. The Labute approximate surface area is 121 Å². The van der Waals surface area contributed by atoms with Gasteiger partial charge in [-0.3, -0.25) is 15.3 Å². The lowest BCUT2D eigenvalue weighted by molar-refractivity contribution is -0.492. The van der Waals surface area contributed by atoms with Gasteiger partial charge in [-0.2, -0.15) is 0 Å². The zero-order valence-electron chi connectivity index (χ0n) is 11.7. The fraction of sp³-hybridized carbons (Fsp3) is 0.462. The summed E-state index contributed by atoms with van der Waals surface area (Å²) in [5, 5.41) is 25.7. The number of nitrogens with zero attached hydrogens (tertiary/aromatic N) is 1. The van der Waals surface area contributed by atoms with Gasteiger partial charge in [-0.15, -0.1) is 0 Å². The number of carbonyl (C=O) groups is 1. The first-order valence-corrected chi connectivity index (χ1v) is 6.39. The molecule has 3 N–H and O–H groups in total. The van der Waals surface area contributed by atoms with Crippen LogP contribution >= 0.6 is 0 Å². The van der Waals surface area contributed by atoms with Gasteiger partial charge in [-0.1, -0.05) is 0 Å². The van der Waals surface area contributed by atoms with E-state index in [4.69, 9.17) is 19.9 Å². The quantitative estimate of drug-likeness (QED) is 0.359. The van der Waals surface area contributed by atoms with Gasteiger partial charge in [-0.25, -0.2) is 4.79 Å². The summed E-state index contributed by atoms with van der Waals surface area (Å²) < 4.78 is 9.98. The molecule has 0 radical (unpaired) electrons. The van der Waals surface area contributed by atoms with E-state index in [0.717, 1.165) is 0 Å². The number of unbranched alkanes of at least 4 members (excludes halogenated alkanes) is 2. The maximum absolute atomic E-state index is 11.7. The number of ether oxygens (including phenoxy) is 2. The minimum absolute atomic E-state index is 0.0455. The van der Waals surface area contributed by atoms with Crippen LogP contribution in [0.5, 0.6) is 11.5 Å². The molecule has 1 aromatic carbocycles. The van der Waals surface area contributed by atoms with Crippen LogP contribution in [-0.4, -0.2) is 47.2 Å². The number of phenols is 1. The predicted molar refractivity (Wildman–Crippen MR) is 70.2 cm³/mol. The van der Waals surface area contributed by atoms with Crippen molar-refractivity contribution in [3.05, 3.63) is 23.8 Å². The summed E-state index contributed by atoms with van der Waals surface area (Å²) >= 11 is 0. The molecule has 0 amide bonds. The molecule has 0 heterocycles. The van der Waals surface area contributed by atoms with Gasteiger partial charge in [0.2, 0.25) is 0 Å². The lowest BCUT2D eigenvalue weighted by Crippen LogP contribution is -2.15. The molecule has 0 bridgehead atoms. The fourth-order valence-electron chi connectivity index (χ4n) is 1.58. The molecule has 0 unspecified atom stereocenters. The summed E-state index contributed by atoms with van der Waals surface area (Å²) in [4.78, 5) is 16.1. The van der Waals surface area contributed by atoms with E-state index < -0.39 is 5.97 Å². The first-order chi connectivity index (χ1) is 10.0. The second-order valence-corrected chi connectivity index (χ2v) is 4.17. The molecule has 0 fully saturated rings. The van der Waals surface area contributed by atoms with Crippen molar-refractivity contribution in [2.45, 2.75) is 19.3 Å². The average Bonchev–Trinajstić information content (AvgIpc) is 2.46. The van der Waals surface area contributed by atoms with Crippen LogP contribution in [0.4, 0.5) is 0 Å². The molecule has 0 aliphatic carbocycles. The van der Waals surface area contributed by atoms with Crippen molar-refractivity contribution in [3.8, 4) is 11.5 Å². The summed E-state index contributed by atoms with van der Waals surface area (Å²) in [6.45, 7) is 0.403. The van der Waals surface area contributed by atoms with Crippen LogP contribution in [0.3, 0.4) is 0 Å². The molecule has 0 spiro atoms. The Kier molecular flexibility index (Phi) is 7.48. The van der Waals surface area contributed by atoms with Crippen LogP contribution in [0, 0.1) is 0 Å². The molecule has 1 rings (SSSR count). The molecule has 0 aliphatic rings. The van der Waals surface area contributed by atoms with Gasteiger partial charge in [0.1, 0.15) is 0 Å². The largest absolute Gasteiger partial charge is 0.504 e. The van der Waals surface area contributed by atoms with E-state index in [1.54, 1.807) is 0 Å². The van der Waals surface area contributed by atoms with Gasteiger partial charge in [-0.05, 0) is 37.5 Å². The molecular formula is C13H19NO7. The highest BCUT2D eigenvalue weighted by atomic mass is 17.1. The zero-order chi connectivity index (χ0) is 15.7. The summed E-state index contributed by atoms with van der Waals surface area (Å²) in [6, 6.07) is 4.22. The van der Waals surface area contributed by atoms with E-state index in [1.165, 1.54) is 25.3 Å². The normalized spacial score (nSPS) is 10.7. The standard InChI is InChI=1S/C13H19NO7/c1-19-12-9-10(5-6-11(12)15)13(16)20-7-3-2-4-8-21-14(17)18/h5-6,9,15,17-18H,2-4,7-8H2,1H3. The van der Waals surface area contributed by atoms with E-state index in [-0.39, 0.29) is 30.1 Å². The summed E-state index contributed by atoms with van der Waals surface area (Å²) in [7, 11) is 1.39. The molecule has 0 aromatic heterocycles. The summed E-state index contributed by atoms with van der Waals surface area (Å²) in [5.41, 5.74) is 0.296. The van der Waals surface area contributed by atoms with Crippen LogP contribution in [0.2, 0.25) is 0 Å². The molecule has 1 aromatic rings. The second-order valence-electron chi connectivity index (χ2n) is 4.17. The zero-order valence-corrected chi connectivity index (χ0v) is 11.7. The SMILES string of the molecule is COc1cc(C(=O)OCCCCCON(O)O)ccc1O. The van der Waals surface area contributed by atoms with E-state index in [9.17, 15) is 9.90 Å². The Morgan fingerprint density at radius 2 is 1.90 bits per heavy atom. The van der Waals surface area contributed by atoms with Gasteiger partial charge < -0.3 is 14.6 Å². The number of benzene rings is 1. The van der Waals surface area contributed by atoms with Gasteiger partial charge in [0, 0.05) is 0 Å². The first-order valence-electron chi connectivity index (χ1n) is 6.39. The highest BCUT2D eigenvalue weighted by Crippen LogP contribution is 2.26. The molecule has 118 valence electrons. The third-order valence-corrected chi connectivity index (χ3v) is 2.64. The van der Waals surface area contributed by atoms with Gasteiger partial charge >= 0.3 is 5.97 Å². The summed E-state index contributed by atoms with van der Waals surface area (Å²) in [6.07, 6.45) is 1.93. The first kappa shape index (κ1) is 17.2. The molecular weight excluding hydrogens is 282 g/mol. The smallest absolute Gasteiger partial charge is 0.338 e. The number of carbonyl (C=O) groups excluding carboxylic acids is 1. The lowest BCUT2D eigenvalue weighted by Gasteiger charge is -2.08. The van der Waals surface area contributed by atoms with Gasteiger partial charge in [0.05, 0.1) is 31.3 Å². The number of esters is 1. The van der Waals surface area contributed by atoms with E-state index in [2.05, 4.69) is 4.84 Å². The minimum atomic E-state index is -0.499. The van der Waals surface area contributed by atoms with Crippen molar-refractivity contribution in [1.29, 1.82) is 0 Å². The van der Waals surface area contributed by atoms with E-state index in [0.29, 0.717) is 24.8 Å². The Morgan fingerprint density at radius 1 is 1.19 bits per heavy atom. The number of phenolic OH excluding ortho intramolecular Hbond substituents is 1. The monoisotopic (exact) mass is 301 g/mol. The summed E-state index contributed by atoms with van der Waals surface area (Å²) in [5.74, 6) is -0.337. The minimum Gasteiger partial charge on any atom is -0.504 e. The molecule has 0 saturated heterocycles. The van der Waals surface area contributed by atoms with Crippen LogP contribution in [0.25, 0.3) is 0 Å². The van der Waals surface area contributed by atoms with Crippen LogP contribution in [-0.2, 0) is 9.57 Å². The molecule has 21 heavy (non-hydrogen) atoms. The molecule has 0 saturated carbocycles. The topological polar surface area (TPSA) is 109 Å². The number of rotatable bonds is 9. The Morgan fingerprint density at radius 3 is 2.57 bits per heavy atom. The predicted octanol–water partition coefficient (Wildman–Crippen LogP) is 1.74. The fourth-order valence-corrected chi connectivity index (χ4v) is 1.58. The van der Waals surface area contributed by atoms with E-state index >= 15 is 0 Å². The number of hydrogen-bond donors (Lipinski definition) is 3. The Hall–Kier alpha value is -1.87. The van der Waals surface area contributed by atoms with Crippen molar-refractivity contribution >= 4 is 5.97 Å². The van der Waals surface area contributed by atoms with Crippen molar-refractivity contribution in [2.75, 3.05) is 20.3 Å². The number of aromatic hydroxyl groups is 1. The molecule has 0 aliphatic heterocycles. The number of hydrogen-bond acceptors (Lipinski definition) is 8. The second kappa shape index (κ2) is 9.14. The maximum Gasteiger partial charge on any atom is 0.338 e. The number of methoxy groups -OCH3 is 1. The van der Waals surface area contributed by atoms with Crippen molar-refractivity contribution in [1.82, 2.24) is 5.39 Å². The molecule has 8 heteroatoms. The maximum atomic E-state index is 11.7. The molecule has 0 atom stereocenters. The van der Waals surface area contributed by atoms with Gasteiger partial charge in [0.15, 0.2) is 11.5 Å². The highest BCUT2D eigenvalue weighted by Gasteiger charge is 2.10. The van der Waals surface area contributed by atoms with E-state index in [1.807, 2.05) is 0 Å². The van der Waals surface area contributed by atoms with Crippen LogP contribution < -0.4 is 4.74 Å².